The topological polar surface area (TPSA) is 63.7 Å². The summed E-state index contributed by atoms with van der Waals surface area (Å²) in [5.41, 5.74) is 0.407. The molecule has 0 spiro atoms. The highest BCUT2D eigenvalue weighted by molar-refractivity contribution is 7.91. The third-order valence-electron chi connectivity index (χ3n) is 4.49. The van der Waals surface area contributed by atoms with Crippen LogP contribution in [0.2, 0.25) is 0 Å². The lowest BCUT2D eigenvalue weighted by atomic mass is 10.1. The third-order valence-corrected chi connectivity index (χ3v) is 6.31. The van der Waals surface area contributed by atoms with E-state index in [9.17, 15) is 13.2 Å². The monoisotopic (exact) mass is 417 g/mol. The van der Waals surface area contributed by atoms with Crippen molar-refractivity contribution in [1.82, 2.24) is 4.90 Å². The number of carbonyl (C=O) groups is 1. The summed E-state index contributed by atoms with van der Waals surface area (Å²) in [5.74, 6) is 0.0504. The number of amides is 1. The van der Waals surface area contributed by atoms with E-state index in [4.69, 9.17) is 4.74 Å². The predicted molar refractivity (Wildman–Crippen MR) is 115 cm³/mol. The van der Waals surface area contributed by atoms with E-state index in [2.05, 4.69) is 0 Å². The Labute approximate surface area is 174 Å². The fourth-order valence-corrected chi connectivity index (χ4v) is 4.33. The first kappa shape index (κ1) is 22.9. The average molecular weight is 418 g/mol. The number of ether oxygens (including phenoxy) is 1. The number of rotatable bonds is 8. The first-order valence-corrected chi connectivity index (χ1v) is 11.5. The smallest absolute Gasteiger partial charge is 0.410 e. The van der Waals surface area contributed by atoms with Crippen molar-refractivity contribution in [2.45, 2.75) is 63.6 Å². The predicted octanol–water partition coefficient (Wildman–Crippen LogP) is 5.07. The quantitative estimate of drug-likeness (QED) is 0.602. The Morgan fingerprint density at radius 2 is 1.55 bits per heavy atom. The van der Waals surface area contributed by atoms with Gasteiger partial charge in [-0.05, 0) is 58.2 Å². The van der Waals surface area contributed by atoms with Crippen LogP contribution in [-0.4, -0.2) is 36.8 Å². The molecule has 2 aromatic rings. The summed E-state index contributed by atoms with van der Waals surface area (Å²) in [7, 11) is -3.32. The largest absolute Gasteiger partial charge is 0.444 e. The Kier molecular flexibility index (Phi) is 7.85. The van der Waals surface area contributed by atoms with Crippen molar-refractivity contribution in [2.24, 2.45) is 0 Å². The van der Waals surface area contributed by atoms with Crippen molar-refractivity contribution in [3.63, 3.8) is 0 Å². The summed E-state index contributed by atoms with van der Waals surface area (Å²) in [6, 6.07) is 18.0. The second kappa shape index (κ2) is 9.92. The van der Waals surface area contributed by atoms with Gasteiger partial charge in [-0.3, -0.25) is 0 Å². The second-order valence-corrected chi connectivity index (χ2v) is 10.3. The molecule has 1 unspecified atom stereocenters. The molecular formula is C23H31NO4S. The molecule has 5 nitrogen and oxygen atoms in total. The minimum Gasteiger partial charge on any atom is -0.444 e. The molecule has 0 saturated carbocycles. The van der Waals surface area contributed by atoms with Crippen LogP contribution in [0.25, 0.3) is 0 Å². The minimum atomic E-state index is -3.32. The molecule has 0 bridgehead atoms. The maximum absolute atomic E-state index is 12.8. The minimum absolute atomic E-state index is 0.0504. The Morgan fingerprint density at radius 1 is 1.00 bits per heavy atom. The van der Waals surface area contributed by atoms with Gasteiger partial charge in [0.25, 0.3) is 0 Å². The summed E-state index contributed by atoms with van der Waals surface area (Å²) >= 11 is 0. The molecule has 0 fully saturated rings. The van der Waals surface area contributed by atoms with E-state index in [1.54, 1.807) is 35.2 Å². The lowest BCUT2D eigenvalue weighted by Crippen LogP contribution is -2.41. The molecule has 0 aromatic heterocycles. The highest BCUT2D eigenvalue weighted by atomic mass is 32.2. The number of benzene rings is 2. The van der Waals surface area contributed by atoms with E-state index in [0.29, 0.717) is 24.3 Å². The standard InChI is InChI=1S/C23H31NO4S/c1-19(12-11-17-29(26,27)21-15-9-6-10-16-21)24(22(25)28-23(2,3)4)18-20-13-7-5-8-14-20/h5-10,13-16,19H,11-12,17-18H2,1-4H3. The molecule has 1 atom stereocenters. The van der Waals surface area contributed by atoms with Gasteiger partial charge in [-0.2, -0.15) is 0 Å². The van der Waals surface area contributed by atoms with Crippen molar-refractivity contribution in [3.05, 3.63) is 66.2 Å². The number of nitrogens with zero attached hydrogens (tertiary/aromatic N) is 1. The van der Waals surface area contributed by atoms with Crippen LogP contribution in [0.4, 0.5) is 4.79 Å². The van der Waals surface area contributed by atoms with Gasteiger partial charge in [-0.1, -0.05) is 48.5 Å². The molecular weight excluding hydrogens is 386 g/mol. The zero-order chi connectivity index (χ0) is 21.5. The number of hydrogen-bond acceptors (Lipinski definition) is 4. The van der Waals surface area contributed by atoms with Gasteiger partial charge in [0.2, 0.25) is 0 Å². The SMILES string of the molecule is CC(CCCS(=O)(=O)c1ccccc1)N(Cc1ccccc1)C(=O)OC(C)(C)C. The molecule has 0 aliphatic rings. The molecule has 0 aliphatic heterocycles. The van der Waals surface area contributed by atoms with Gasteiger partial charge in [0.05, 0.1) is 10.6 Å². The fourth-order valence-electron chi connectivity index (χ4n) is 2.97. The number of sulfone groups is 1. The molecule has 0 N–H and O–H groups in total. The first-order valence-electron chi connectivity index (χ1n) is 9.90. The van der Waals surface area contributed by atoms with E-state index in [0.717, 1.165) is 5.56 Å². The number of hydrogen-bond donors (Lipinski definition) is 0. The van der Waals surface area contributed by atoms with Crippen LogP contribution in [0.3, 0.4) is 0 Å². The molecule has 6 heteroatoms. The highest BCUT2D eigenvalue weighted by Crippen LogP contribution is 2.19. The van der Waals surface area contributed by atoms with E-state index < -0.39 is 15.4 Å². The van der Waals surface area contributed by atoms with Crippen LogP contribution in [0, 0.1) is 0 Å². The van der Waals surface area contributed by atoms with E-state index in [1.165, 1.54) is 0 Å². The maximum atomic E-state index is 12.8. The highest BCUT2D eigenvalue weighted by Gasteiger charge is 2.26. The summed E-state index contributed by atoms with van der Waals surface area (Å²) in [6.07, 6.45) is 0.643. The molecule has 1 amide bonds. The van der Waals surface area contributed by atoms with E-state index >= 15 is 0 Å². The van der Waals surface area contributed by atoms with Gasteiger partial charge in [0.15, 0.2) is 9.84 Å². The lowest BCUT2D eigenvalue weighted by molar-refractivity contribution is 0.0148. The molecule has 158 valence electrons. The van der Waals surface area contributed by atoms with Crippen LogP contribution >= 0.6 is 0 Å². The molecule has 2 aromatic carbocycles. The number of carbonyl (C=O) groups excluding carboxylic acids is 1. The van der Waals surface area contributed by atoms with Crippen LogP contribution in [0.5, 0.6) is 0 Å². The summed E-state index contributed by atoms with van der Waals surface area (Å²) in [5, 5.41) is 0. The lowest BCUT2D eigenvalue weighted by Gasteiger charge is -2.32. The third kappa shape index (κ3) is 7.54. The van der Waals surface area contributed by atoms with Gasteiger partial charge >= 0.3 is 6.09 Å². The van der Waals surface area contributed by atoms with E-state index in [-0.39, 0.29) is 17.9 Å². The molecule has 0 radical (unpaired) electrons. The van der Waals surface area contributed by atoms with E-state index in [1.807, 2.05) is 58.0 Å². The van der Waals surface area contributed by atoms with Gasteiger partial charge < -0.3 is 9.64 Å². The maximum Gasteiger partial charge on any atom is 0.410 e. The second-order valence-electron chi connectivity index (χ2n) is 8.22. The molecule has 29 heavy (non-hydrogen) atoms. The van der Waals surface area contributed by atoms with Crippen LogP contribution < -0.4 is 0 Å². The van der Waals surface area contributed by atoms with Gasteiger partial charge in [-0.25, -0.2) is 13.2 Å². The van der Waals surface area contributed by atoms with Gasteiger partial charge in [-0.15, -0.1) is 0 Å². The first-order chi connectivity index (χ1) is 13.6. The zero-order valence-corrected chi connectivity index (χ0v) is 18.5. The molecule has 0 aliphatic carbocycles. The molecule has 0 heterocycles. The van der Waals surface area contributed by atoms with Crippen LogP contribution in [0.15, 0.2) is 65.6 Å². The van der Waals surface area contributed by atoms with Crippen LogP contribution in [0.1, 0.15) is 46.1 Å². The van der Waals surface area contributed by atoms with Crippen molar-refractivity contribution in [2.75, 3.05) is 5.75 Å². The Bertz CT molecular complexity index is 874. The summed E-state index contributed by atoms with van der Waals surface area (Å²) < 4.78 is 30.6. The summed E-state index contributed by atoms with van der Waals surface area (Å²) in [4.78, 5) is 14.8. The van der Waals surface area contributed by atoms with Gasteiger partial charge in [0, 0.05) is 12.6 Å². The average Bonchev–Trinajstić information content (AvgIpc) is 2.66. The van der Waals surface area contributed by atoms with Crippen LogP contribution in [-0.2, 0) is 21.1 Å². The van der Waals surface area contributed by atoms with Gasteiger partial charge in [0.1, 0.15) is 5.60 Å². The van der Waals surface area contributed by atoms with Crippen molar-refractivity contribution < 1.29 is 17.9 Å². The fraction of sp³-hybridized carbons (Fsp3) is 0.435. The summed E-state index contributed by atoms with van der Waals surface area (Å²) in [6.45, 7) is 7.86. The normalized spacial score (nSPS) is 13.0. The van der Waals surface area contributed by atoms with Crippen molar-refractivity contribution in [3.8, 4) is 0 Å². The van der Waals surface area contributed by atoms with Crippen molar-refractivity contribution in [1.29, 1.82) is 0 Å². The molecule has 2 rings (SSSR count). The Balaban J connectivity index is 2.04. The molecule has 0 saturated heterocycles. The zero-order valence-electron chi connectivity index (χ0n) is 17.7. The Hall–Kier alpha value is -2.34. The van der Waals surface area contributed by atoms with Crippen molar-refractivity contribution >= 4 is 15.9 Å². The Morgan fingerprint density at radius 3 is 2.10 bits per heavy atom.